The van der Waals surface area contributed by atoms with E-state index >= 15 is 0 Å². The van der Waals surface area contributed by atoms with Crippen molar-refractivity contribution >= 4 is 0 Å². The highest BCUT2D eigenvalue weighted by Gasteiger charge is 2.03. The van der Waals surface area contributed by atoms with Gasteiger partial charge in [-0.05, 0) is 29.8 Å². The third-order valence-electron chi connectivity index (χ3n) is 2.61. The summed E-state index contributed by atoms with van der Waals surface area (Å²) in [6, 6.07) is 11.5. The quantitative estimate of drug-likeness (QED) is 0.826. The van der Waals surface area contributed by atoms with E-state index in [1.807, 2.05) is 12.1 Å². The molecule has 3 nitrogen and oxygen atoms in total. The van der Waals surface area contributed by atoms with E-state index in [4.69, 9.17) is 14.2 Å². The molecule has 19 heavy (non-hydrogen) atoms. The Hall–Kier alpha value is -2.23. The maximum absolute atomic E-state index is 13.0. The Labute approximate surface area is 111 Å². The van der Waals surface area contributed by atoms with Crippen LogP contribution in [-0.4, -0.2) is 14.2 Å². The van der Waals surface area contributed by atoms with E-state index in [1.54, 1.807) is 32.4 Å². The van der Waals surface area contributed by atoms with Gasteiger partial charge in [0, 0.05) is 12.1 Å². The summed E-state index contributed by atoms with van der Waals surface area (Å²) in [5, 5.41) is 0. The summed E-state index contributed by atoms with van der Waals surface area (Å²) in [6.07, 6.45) is 0. The minimum absolute atomic E-state index is 0.316. The van der Waals surface area contributed by atoms with Crippen LogP contribution in [0.3, 0.4) is 0 Å². The van der Waals surface area contributed by atoms with Crippen molar-refractivity contribution in [3.63, 3.8) is 0 Å². The molecule has 4 heteroatoms. The zero-order chi connectivity index (χ0) is 13.7. The fourth-order valence-corrected chi connectivity index (χ4v) is 1.67. The van der Waals surface area contributed by atoms with Crippen molar-refractivity contribution in [1.82, 2.24) is 0 Å². The van der Waals surface area contributed by atoms with Gasteiger partial charge in [0.05, 0.1) is 14.2 Å². The van der Waals surface area contributed by atoms with Crippen molar-refractivity contribution in [3.05, 3.63) is 53.8 Å². The highest BCUT2D eigenvalue weighted by molar-refractivity contribution is 5.38. The summed E-state index contributed by atoms with van der Waals surface area (Å²) < 4.78 is 28.9. The zero-order valence-electron chi connectivity index (χ0n) is 10.9. The molecule has 0 aliphatic heterocycles. The molecule has 0 aliphatic carbocycles. The summed E-state index contributed by atoms with van der Waals surface area (Å²) in [4.78, 5) is 0. The molecule has 0 unspecified atom stereocenters. The molecule has 2 aromatic carbocycles. The van der Waals surface area contributed by atoms with E-state index in [-0.39, 0.29) is 5.82 Å². The summed E-state index contributed by atoms with van der Waals surface area (Å²) in [5.41, 5.74) is 0.889. The van der Waals surface area contributed by atoms with Gasteiger partial charge < -0.3 is 14.2 Å². The Morgan fingerprint density at radius 3 is 2.16 bits per heavy atom. The van der Waals surface area contributed by atoms with E-state index in [0.717, 1.165) is 5.56 Å². The van der Waals surface area contributed by atoms with Gasteiger partial charge in [0.2, 0.25) is 0 Å². The zero-order valence-corrected chi connectivity index (χ0v) is 10.9. The van der Waals surface area contributed by atoms with Crippen LogP contribution in [0.1, 0.15) is 5.56 Å². The van der Waals surface area contributed by atoms with Gasteiger partial charge in [0.15, 0.2) is 0 Å². The van der Waals surface area contributed by atoms with Gasteiger partial charge in [-0.15, -0.1) is 0 Å². The van der Waals surface area contributed by atoms with Crippen LogP contribution >= 0.6 is 0 Å². The number of hydrogen-bond donors (Lipinski definition) is 0. The molecule has 0 aromatic heterocycles. The fourth-order valence-electron chi connectivity index (χ4n) is 1.67. The van der Waals surface area contributed by atoms with Crippen LogP contribution < -0.4 is 14.2 Å². The molecule has 0 bridgehead atoms. The second-order valence-electron chi connectivity index (χ2n) is 3.97. The first-order valence-corrected chi connectivity index (χ1v) is 5.81. The maximum atomic E-state index is 13.0. The maximum Gasteiger partial charge on any atom is 0.126 e. The lowest BCUT2D eigenvalue weighted by atomic mass is 10.2. The van der Waals surface area contributed by atoms with Crippen molar-refractivity contribution in [2.45, 2.75) is 6.61 Å². The molecule has 2 aromatic rings. The van der Waals surface area contributed by atoms with Crippen LogP contribution in [0.2, 0.25) is 0 Å². The molecule has 0 radical (unpaired) electrons. The fraction of sp³-hybridized carbons (Fsp3) is 0.200. The van der Waals surface area contributed by atoms with E-state index in [1.165, 1.54) is 12.1 Å². The third-order valence-corrected chi connectivity index (χ3v) is 2.61. The van der Waals surface area contributed by atoms with Gasteiger partial charge >= 0.3 is 0 Å². The van der Waals surface area contributed by atoms with Gasteiger partial charge in [-0.3, -0.25) is 0 Å². The first-order valence-electron chi connectivity index (χ1n) is 5.81. The minimum atomic E-state index is -0.319. The number of rotatable bonds is 5. The van der Waals surface area contributed by atoms with Gasteiger partial charge in [0.1, 0.15) is 29.7 Å². The predicted molar refractivity (Wildman–Crippen MR) is 70.3 cm³/mol. The molecule has 100 valence electrons. The van der Waals surface area contributed by atoms with Crippen LogP contribution in [0.4, 0.5) is 4.39 Å². The summed E-state index contributed by atoms with van der Waals surface area (Å²) in [5.74, 6) is 1.55. The lowest BCUT2D eigenvalue weighted by Crippen LogP contribution is -1.97. The number of ether oxygens (including phenoxy) is 3. The highest BCUT2D eigenvalue weighted by atomic mass is 19.1. The van der Waals surface area contributed by atoms with Gasteiger partial charge in [0.25, 0.3) is 0 Å². The lowest BCUT2D eigenvalue weighted by Gasteiger charge is -2.10. The van der Waals surface area contributed by atoms with Crippen LogP contribution in [0.5, 0.6) is 17.2 Å². The van der Waals surface area contributed by atoms with Crippen molar-refractivity contribution in [1.29, 1.82) is 0 Å². The van der Waals surface area contributed by atoms with Crippen molar-refractivity contribution in [2.75, 3.05) is 14.2 Å². The molecule has 0 spiro atoms. The molecule has 0 saturated heterocycles. The lowest BCUT2D eigenvalue weighted by molar-refractivity contribution is 0.302. The molecule has 0 fully saturated rings. The van der Waals surface area contributed by atoms with Crippen molar-refractivity contribution in [3.8, 4) is 17.2 Å². The van der Waals surface area contributed by atoms with Crippen LogP contribution in [0.15, 0.2) is 42.5 Å². The van der Waals surface area contributed by atoms with Crippen molar-refractivity contribution < 1.29 is 18.6 Å². The Bertz CT molecular complexity index is 533. The monoisotopic (exact) mass is 262 g/mol. The molecule has 0 N–H and O–H groups in total. The van der Waals surface area contributed by atoms with Crippen LogP contribution in [-0.2, 0) is 6.61 Å². The third kappa shape index (κ3) is 3.61. The molecule has 0 amide bonds. The number of hydrogen-bond acceptors (Lipinski definition) is 3. The first kappa shape index (κ1) is 13.2. The van der Waals surface area contributed by atoms with Crippen molar-refractivity contribution in [2.24, 2.45) is 0 Å². The average Bonchev–Trinajstić information content (AvgIpc) is 2.44. The second kappa shape index (κ2) is 6.09. The first-order chi connectivity index (χ1) is 9.21. The Kier molecular flexibility index (Phi) is 4.23. The Morgan fingerprint density at radius 2 is 1.58 bits per heavy atom. The molecular weight excluding hydrogens is 247 g/mol. The molecule has 0 saturated carbocycles. The van der Waals surface area contributed by atoms with Crippen LogP contribution in [0, 0.1) is 5.82 Å². The number of halogens is 1. The summed E-state index contributed by atoms with van der Waals surface area (Å²) in [7, 11) is 3.18. The second-order valence-corrected chi connectivity index (χ2v) is 3.97. The normalized spacial score (nSPS) is 10.1. The topological polar surface area (TPSA) is 27.7 Å². The minimum Gasteiger partial charge on any atom is -0.497 e. The molecule has 0 heterocycles. The summed E-state index contributed by atoms with van der Waals surface area (Å²) >= 11 is 0. The van der Waals surface area contributed by atoms with E-state index < -0.39 is 0 Å². The molecule has 0 aliphatic rings. The van der Waals surface area contributed by atoms with Gasteiger partial charge in [-0.1, -0.05) is 6.07 Å². The van der Waals surface area contributed by atoms with E-state index in [9.17, 15) is 4.39 Å². The SMILES string of the molecule is COc1cc(COc2cccc(F)c2)cc(OC)c1. The highest BCUT2D eigenvalue weighted by Crippen LogP contribution is 2.23. The average molecular weight is 262 g/mol. The standard InChI is InChI=1S/C15H15FO3/c1-17-14-6-11(7-15(9-14)18-2)10-19-13-5-3-4-12(16)8-13/h3-9H,10H2,1-2H3. The Balaban J connectivity index is 2.10. The predicted octanol–water partition coefficient (Wildman–Crippen LogP) is 3.42. The summed E-state index contributed by atoms with van der Waals surface area (Å²) in [6.45, 7) is 0.316. The van der Waals surface area contributed by atoms with Gasteiger partial charge in [-0.25, -0.2) is 4.39 Å². The molecule has 2 rings (SSSR count). The smallest absolute Gasteiger partial charge is 0.126 e. The van der Waals surface area contributed by atoms with E-state index in [0.29, 0.717) is 23.9 Å². The van der Waals surface area contributed by atoms with Crippen LogP contribution in [0.25, 0.3) is 0 Å². The number of benzene rings is 2. The van der Waals surface area contributed by atoms with Gasteiger partial charge in [-0.2, -0.15) is 0 Å². The van der Waals surface area contributed by atoms with E-state index in [2.05, 4.69) is 0 Å². The number of methoxy groups -OCH3 is 2. The molecule has 0 atom stereocenters. The Morgan fingerprint density at radius 1 is 0.895 bits per heavy atom. The largest absolute Gasteiger partial charge is 0.497 e. The molecular formula is C15H15FO3.